The van der Waals surface area contributed by atoms with E-state index < -0.39 is 5.60 Å². The third-order valence-corrected chi connectivity index (χ3v) is 4.31. The summed E-state index contributed by atoms with van der Waals surface area (Å²) in [6.45, 7) is 8.35. The van der Waals surface area contributed by atoms with Gasteiger partial charge in [0.1, 0.15) is 0 Å². The molecule has 1 fully saturated rings. The molecule has 0 aromatic carbocycles. The SMILES string of the molecule is CCN(CC(O)(CC)CC)C1CCCCC1. The van der Waals surface area contributed by atoms with Crippen molar-refractivity contribution in [2.75, 3.05) is 13.1 Å². The van der Waals surface area contributed by atoms with Crippen LogP contribution in [0.5, 0.6) is 0 Å². The highest BCUT2D eigenvalue weighted by Crippen LogP contribution is 2.25. The van der Waals surface area contributed by atoms with Crippen LogP contribution in [0, 0.1) is 0 Å². The smallest absolute Gasteiger partial charge is 0.0769 e. The van der Waals surface area contributed by atoms with Crippen LogP contribution in [0.4, 0.5) is 0 Å². The fraction of sp³-hybridized carbons (Fsp3) is 1.00. The van der Waals surface area contributed by atoms with Gasteiger partial charge in [-0.25, -0.2) is 0 Å². The van der Waals surface area contributed by atoms with Gasteiger partial charge in [-0.3, -0.25) is 4.90 Å². The van der Waals surface area contributed by atoms with Crippen LogP contribution in [0.25, 0.3) is 0 Å². The molecule has 1 N–H and O–H groups in total. The molecule has 0 spiro atoms. The van der Waals surface area contributed by atoms with Crippen molar-refractivity contribution in [3.8, 4) is 0 Å². The predicted octanol–water partition coefficient (Wildman–Crippen LogP) is 3.19. The van der Waals surface area contributed by atoms with E-state index in [4.69, 9.17) is 0 Å². The van der Waals surface area contributed by atoms with Gasteiger partial charge < -0.3 is 5.11 Å². The highest BCUT2D eigenvalue weighted by Gasteiger charge is 2.29. The minimum absolute atomic E-state index is 0.465. The highest BCUT2D eigenvalue weighted by atomic mass is 16.3. The second-order valence-corrected chi connectivity index (χ2v) is 5.29. The molecule has 0 aromatic heterocycles. The summed E-state index contributed by atoms with van der Waals surface area (Å²) in [7, 11) is 0. The first-order chi connectivity index (χ1) is 7.65. The van der Waals surface area contributed by atoms with Crippen molar-refractivity contribution in [3.63, 3.8) is 0 Å². The van der Waals surface area contributed by atoms with Crippen molar-refractivity contribution in [2.24, 2.45) is 0 Å². The molecule has 0 saturated heterocycles. The van der Waals surface area contributed by atoms with Crippen molar-refractivity contribution >= 4 is 0 Å². The van der Waals surface area contributed by atoms with E-state index in [-0.39, 0.29) is 0 Å². The number of hydrogen-bond donors (Lipinski definition) is 1. The fourth-order valence-electron chi connectivity index (χ4n) is 2.80. The second kappa shape index (κ2) is 6.61. The summed E-state index contributed by atoms with van der Waals surface area (Å²) in [4.78, 5) is 2.51. The summed E-state index contributed by atoms with van der Waals surface area (Å²) < 4.78 is 0. The van der Waals surface area contributed by atoms with Gasteiger partial charge >= 0.3 is 0 Å². The van der Waals surface area contributed by atoms with Crippen LogP contribution < -0.4 is 0 Å². The average molecular weight is 227 g/mol. The van der Waals surface area contributed by atoms with Crippen LogP contribution in [-0.4, -0.2) is 34.7 Å². The highest BCUT2D eigenvalue weighted by molar-refractivity contribution is 4.84. The number of hydrogen-bond acceptors (Lipinski definition) is 2. The Bertz CT molecular complexity index is 183. The number of likely N-dealkylation sites (N-methyl/N-ethyl adjacent to an activating group) is 1. The van der Waals surface area contributed by atoms with E-state index >= 15 is 0 Å². The van der Waals surface area contributed by atoms with E-state index in [1.54, 1.807) is 0 Å². The van der Waals surface area contributed by atoms with Crippen LogP contribution in [0.15, 0.2) is 0 Å². The minimum atomic E-state index is -0.465. The molecule has 0 radical (unpaired) electrons. The van der Waals surface area contributed by atoms with Gasteiger partial charge in [-0.1, -0.05) is 40.0 Å². The van der Waals surface area contributed by atoms with Gasteiger partial charge in [-0.05, 0) is 32.2 Å². The molecule has 0 aromatic rings. The molecule has 96 valence electrons. The maximum absolute atomic E-state index is 10.4. The van der Waals surface area contributed by atoms with E-state index in [9.17, 15) is 5.11 Å². The molecule has 0 heterocycles. The molecular weight excluding hydrogens is 198 g/mol. The summed E-state index contributed by atoms with van der Waals surface area (Å²) in [5.41, 5.74) is -0.465. The zero-order chi connectivity index (χ0) is 12.0. The van der Waals surface area contributed by atoms with Crippen molar-refractivity contribution in [2.45, 2.75) is 77.4 Å². The summed E-state index contributed by atoms with van der Waals surface area (Å²) in [6, 6.07) is 0.725. The molecule has 2 nitrogen and oxygen atoms in total. The molecule has 1 aliphatic carbocycles. The first-order valence-electron chi connectivity index (χ1n) is 7.11. The third-order valence-electron chi connectivity index (χ3n) is 4.31. The van der Waals surface area contributed by atoms with Crippen molar-refractivity contribution in [1.29, 1.82) is 0 Å². The Morgan fingerprint density at radius 1 is 1.06 bits per heavy atom. The molecule has 1 aliphatic rings. The zero-order valence-electron chi connectivity index (χ0n) is 11.3. The van der Waals surface area contributed by atoms with Crippen LogP contribution in [0.1, 0.15) is 65.7 Å². The predicted molar refractivity (Wildman–Crippen MR) is 69.7 cm³/mol. The Morgan fingerprint density at radius 3 is 2.06 bits per heavy atom. The maximum atomic E-state index is 10.4. The lowest BCUT2D eigenvalue weighted by molar-refractivity contribution is -0.0180. The van der Waals surface area contributed by atoms with Crippen molar-refractivity contribution in [1.82, 2.24) is 4.90 Å². The van der Waals surface area contributed by atoms with Crippen LogP contribution in [0.2, 0.25) is 0 Å². The summed E-state index contributed by atoms with van der Waals surface area (Å²) in [5.74, 6) is 0. The van der Waals surface area contributed by atoms with E-state index in [1.807, 2.05) is 0 Å². The van der Waals surface area contributed by atoms with E-state index in [2.05, 4.69) is 25.7 Å². The van der Waals surface area contributed by atoms with Gasteiger partial charge in [-0.2, -0.15) is 0 Å². The summed E-state index contributed by atoms with van der Waals surface area (Å²) >= 11 is 0. The Morgan fingerprint density at radius 2 is 1.62 bits per heavy atom. The normalized spacial score (nSPS) is 19.3. The zero-order valence-corrected chi connectivity index (χ0v) is 11.3. The Labute approximate surface area is 101 Å². The molecule has 0 bridgehead atoms. The first kappa shape index (κ1) is 14.0. The summed E-state index contributed by atoms with van der Waals surface area (Å²) in [6.07, 6.45) is 8.55. The molecule has 0 atom stereocenters. The van der Waals surface area contributed by atoms with Crippen LogP contribution >= 0.6 is 0 Å². The van der Waals surface area contributed by atoms with E-state index in [0.717, 1.165) is 32.0 Å². The molecule has 1 rings (SSSR count). The van der Waals surface area contributed by atoms with E-state index in [0.29, 0.717) is 0 Å². The third kappa shape index (κ3) is 3.74. The van der Waals surface area contributed by atoms with Gasteiger partial charge in [-0.15, -0.1) is 0 Å². The van der Waals surface area contributed by atoms with E-state index in [1.165, 1.54) is 32.1 Å². The maximum Gasteiger partial charge on any atom is 0.0769 e. The number of aliphatic hydroxyl groups is 1. The topological polar surface area (TPSA) is 23.5 Å². The second-order valence-electron chi connectivity index (χ2n) is 5.29. The number of rotatable bonds is 6. The van der Waals surface area contributed by atoms with Gasteiger partial charge in [0.05, 0.1) is 5.60 Å². The minimum Gasteiger partial charge on any atom is -0.389 e. The molecule has 16 heavy (non-hydrogen) atoms. The molecule has 0 aliphatic heterocycles. The van der Waals surface area contributed by atoms with Gasteiger partial charge in [0.2, 0.25) is 0 Å². The molecular formula is C14H29NO. The Hall–Kier alpha value is -0.0800. The fourth-order valence-corrected chi connectivity index (χ4v) is 2.80. The first-order valence-corrected chi connectivity index (χ1v) is 7.11. The Balaban J connectivity index is 2.52. The molecule has 0 unspecified atom stereocenters. The Kier molecular flexibility index (Phi) is 5.77. The average Bonchev–Trinajstić information content (AvgIpc) is 2.36. The van der Waals surface area contributed by atoms with Crippen molar-refractivity contribution < 1.29 is 5.11 Å². The summed E-state index contributed by atoms with van der Waals surface area (Å²) in [5, 5.41) is 10.4. The number of nitrogens with zero attached hydrogens (tertiary/aromatic N) is 1. The van der Waals surface area contributed by atoms with Gasteiger partial charge in [0.15, 0.2) is 0 Å². The van der Waals surface area contributed by atoms with Gasteiger partial charge in [0.25, 0.3) is 0 Å². The lowest BCUT2D eigenvalue weighted by Gasteiger charge is -2.39. The lowest BCUT2D eigenvalue weighted by Crippen LogP contribution is -2.47. The molecule has 2 heteroatoms. The molecule has 1 saturated carbocycles. The van der Waals surface area contributed by atoms with Gasteiger partial charge in [0, 0.05) is 12.6 Å². The molecule has 0 amide bonds. The monoisotopic (exact) mass is 227 g/mol. The van der Waals surface area contributed by atoms with Crippen LogP contribution in [0.3, 0.4) is 0 Å². The quantitative estimate of drug-likeness (QED) is 0.753. The standard InChI is InChI=1S/C14H29NO/c1-4-14(16,5-2)12-15(6-3)13-10-8-7-9-11-13/h13,16H,4-12H2,1-3H3. The largest absolute Gasteiger partial charge is 0.389 e. The van der Waals surface area contributed by atoms with Crippen molar-refractivity contribution in [3.05, 3.63) is 0 Å². The lowest BCUT2D eigenvalue weighted by atomic mass is 9.91. The van der Waals surface area contributed by atoms with Crippen LogP contribution in [-0.2, 0) is 0 Å².